The molecule has 13 nitrogen and oxygen atoms in total. The molecule has 0 aliphatic rings. The fraction of sp³-hybridized carbons (Fsp3) is 0.643. The summed E-state index contributed by atoms with van der Waals surface area (Å²) in [4.78, 5) is 57.6. The molecular weight excluding hydrogens is 419 g/mol. The minimum absolute atomic E-state index is 0. The summed E-state index contributed by atoms with van der Waals surface area (Å²) in [5, 5.41) is 44.1. The molecule has 0 aromatic carbocycles. The first-order valence-electron chi connectivity index (χ1n) is 7.75. The van der Waals surface area contributed by atoms with Crippen LogP contribution in [0.25, 0.3) is 0 Å². The van der Waals surface area contributed by atoms with E-state index in [-0.39, 0.29) is 72.3 Å². The van der Waals surface area contributed by atoms with Gasteiger partial charge in [0.1, 0.15) is 0 Å². The van der Waals surface area contributed by atoms with E-state index in [9.17, 15) is 24.0 Å². The summed E-state index contributed by atoms with van der Waals surface area (Å²) in [5.41, 5.74) is 0. The maximum atomic E-state index is 11.0. The molecule has 0 spiro atoms. The molecule has 0 aliphatic heterocycles. The summed E-state index contributed by atoms with van der Waals surface area (Å²) in [6.45, 7) is -2.74. The van der Waals surface area contributed by atoms with Crippen molar-refractivity contribution < 1.29 is 49.5 Å². The van der Waals surface area contributed by atoms with E-state index in [1.54, 1.807) is 0 Å². The third kappa shape index (κ3) is 19.8. The Labute approximate surface area is 198 Å². The molecule has 0 bridgehead atoms. The quantitative estimate of drug-likeness (QED) is 0.148. The van der Waals surface area contributed by atoms with Crippen LogP contribution < -0.4 is 0 Å². The van der Waals surface area contributed by atoms with Crippen LogP contribution in [-0.4, -0.2) is 175 Å². The molecule has 15 heteroatoms. The minimum atomic E-state index is -1.24. The van der Waals surface area contributed by atoms with E-state index in [0.29, 0.717) is 0 Å². The van der Waals surface area contributed by atoms with Gasteiger partial charge < -0.3 is 25.5 Å². The van der Waals surface area contributed by atoms with E-state index in [1.807, 2.05) is 0 Å². The Hall–Kier alpha value is -1.24. The molecule has 0 saturated heterocycles. The molecule has 0 unspecified atom stereocenters. The maximum absolute atomic E-state index is 11.0. The Morgan fingerprint density at radius 3 is 0.793 bits per heavy atom. The number of hydrogen-bond donors (Lipinski definition) is 5. The van der Waals surface area contributed by atoms with Gasteiger partial charge in [0.15, 0.2) is 0 Å². The van der Waals surface area contributed by atoms with Crippen LogP contribution in [0.1, 0.15) is 0 Å². The second kappa shape index (κ2) is 17.6. The summed E-state index contributed by atoms with van der Waals surface area (Å²) >= 11 is 0. The van der Waals surface area contributed by atoms with Crippen molar-refractivity contribution in [2.75, 3.05) is 58.9 Å². The molecule has 0 aromatic rings. The minimum Gasteiger partial charge on any atom is -0.480 e. The Bertz CT molecular complexity index is 492. The molecule has 0 heterocycles. The third-order valence-corrected chi connectivity index (χ3v) is 3.26. The largest absolute Gasteiger partial charge is 2.00 e. The Kier molecular flexibility index (Phi) is 19.7. The molecule has 29 heavy (non-hydrogen) atoms. The zero-order valence-electron chi connectivity index (χ0n) is 15.9. The zero-order valence-corrected chi connectivity index (χ0v) is 18.7. The van der Waals surface area contributed by atoms with Crippen LogP contribution in [0.2, 0.25) is 0 Å². The van der Waals surface area contributed by atoms with Crippen LogP contribution >= 0.6 is 0 Å². The van der Waals surface area contributed by atoms with E-state index in [4.69, 9.17) is 25.5 Å². The van der Waals surface area contributed by atoms with E-state index in [0.717, 1.165) is 9.80 Å². The first-order valence-corrected chi connectivity index (χ1v) is 7.75. The van der Waals surface area contributed by atoms with Crippen LogP contribution in [0.3, 0.4) is 0 Å². The number of nitrogens with zero attached hydrogens (tertiary/aromatic N) is 3. The van der Waals surface area contributed by atoms with Gasteiger partial charge in [-0.3, -0.25) is 38.7 Å². The van der Waals surface area contributed by atoms with Crippen molar-refractivity contribution in [3.05, 3.63) is 0 Å². The fourth-order valence-corrected chi connectivity index (χ4v) is 2.22. The Morgan fingerprint density at radius 1 is 0.414 bits per heavy atom. The van der Waals surface area contributed by atoms with Crippen molar-refractivity contribution >= 4 is 76.0 Å². The van der Waals surface area contributed by atoms with Gasteiger partial charge in [-0.05, 0) is 0 Å². The van der Waals surface area contributed by atoms with Gasteiger partial charge in [0, 0.05) is 26.2 Å². The van der Waals surface area contributed by atoms with Crippen LogP contribution in [0.5, 0.6) is 0 Å². The van der Waals surface area contributed by atoms with Gasteiger partial charge >= 0.3 is 76.0 Å². The molecule has 0 aliphatic carbocycles. The average Bonchev–Trinajstić information content (AvgIpc) is 2.46. The summed E-state index contributed by atoms with van der Waals surface area (Å²) in [6, 6.07) is 0. The van der Waals surface area contributed by atoms with Crippen molar-refractivity contribution in [2.45, 2.75) is 0 Å². The smallest absolute Gasteiger partial charge is 0.480 e. The molecule has 154 valence electrons. The summed E-state index contributed by atoms with van der Waals surface area (Å²) in [5.74, 6) is -6.16. The number of hydrogen-bond acceptors (Lipinski definition) is 8. The predicted molar refractivity (Wildman–Crippen MR) is 99.0 cm³/mol. The number of carbonyl (C=O) groups is 5. The molecule has 0 saturated carbocycles. The molecule has 5 N–H and O–H groups in total. The third-order valence-electron chi connectivity index (χ3n) is 3.26. The fourth-order valence-electron chi connectivity index (χ4n) is 2.22. The van der Waals surface area contributed by atoms with Gasteiger partial charge in [0.25, 0.3) is 0 Å². The van der Waals surface area contributed by atoms with E-state index < -0.39 is 62.6 Å². The zero-order chi connectivity index (χ0) is 21.0. The normalized spacial score (nSPS) is 10.3. The van der Waals surface area contributed by atoms with Crippen molar-refractivity contribution in [3.63, 3.8) is 0 Å². The van der Waals surface area contributed by atoms with Gasteiger partial charge in [-0.15, -0.1) is 0 Å². The number of carboxylic acid groups (broad SMARTS) is 5. The van der Waals surface area contributed by atoms with Gasteiger partial charge in [-0.1, -0.05) is 0 Å². The van der Waals surface area contributed by atoms with Crippen molar-refractivity contribution in [2.24, 2.45) is 0 Å². The molecule has 0 fully saturated rings. The number of carboxylic acids is 5. The van der Waals surface area contributed by atoms with Gasteiger partial charge in [0.05, 0.1) is 32.7 Å². The molecular formula is C14H23Mg2N3O10+4. The standard InChI is InChI=1S/C14H23N3O10.2Mg/c18-10(19)5-15(1-3-16(6-11(20)21)7-12(22)23)2-4-17(8-13(24)25)9-14(26)27;;/h1-9H2,(H,18,19)(H,20,21)(H,22,23)(H,24,25)(H,26,27);;/q;2*+2. The summed E-state index contributed by atoms with van der Waals surface area (Å²) in [7, 11) is 0. The van der Waals surface area contributed by atoms with Crippen LogP contribution in [0, 0.1) is 0 Å². The van der Waals surface area contributed by atoms with Gasteiger partial charge in [-0.25, -0.2) is 0 Å². The molecule has 0 atom stereocenters. The van der Waals surface area contributed by atoms with Gasteiger partial charge in [-0.2, -0.15) is 0 Å². The topological polar surface area (TPSA) is 196 Å². The van der Waals surface area contributed by atoms with Crippen LogP contribution in [0.4, 0.5) is 0 Å². The maximum Gasteiger partial charge on any atom is 2.00 e. The van der Waals surface area contributed by atoms with Gasteiger partial charge in [0.2, 0.25) is 0 Å². The molecule has 0 rings (SSSR count). The second-order valence-corrected chi connectivity index (χ2v) is 5.67. The monoisotopic (exact) mass is 441 g/mol. The van der Waals surface area contributed by atoms with Crippen molar-refractivity contribution in [3.8, 4) is 0 Å². The van der Waals surface area contributed by atoms with Crippen molar-refractivity contribution in [1.82, 2.24) is 14.7 Å². The number of rotatable bonds is 16. The van der Waals surface area contributed by atoms with Crippen LogP contribution in [-0.2, 0) is 24.0 Å². The molecule has 0 radical (unpaired) electrons. The molecule has 0 aromatic heterocycles. The Morgan fingerprint density at radius 2 is 0.586 bits per heavy atom. The summed E-state index contributed by atoms with van der Waals surface area (Å²) in [6.07, 6.45) is 0. The Balaban J connectivity index is -0.00000338. The average molecular weight is 442 g/mol. The first kappa shape index (κ1) is 32.4. The van der Waals surface area contributed by atoms with E-state index >= 15 is 0 Å². The first-order chi connectivity index (χ1) is 12.5. The predicted octanol–water partition coefficient (Wildman–Crippen LogP) is -3.45. The molecule has 0 amide bonds. The van der Waals surface area contributed by atoms with E-state index in [2.05, 4.69) is 0 Å². The van der Waals surface area contributed by atoms with Crippen molar-refractivity contribution in [1.29, 1.82) is 0 Å². The summed E-state index contributed by atoms with van der Waals surface area (Å²) < 4.78 is 0. The second-order valence-electron chi connectivity index (χ2n) is 5.67. The van der Waals surface area contributed by atoms with Crippen LogP contribution in [0.15, 0.2) is 0 Å². The SMILES string of the molecule is O=C(O)CN(CCN(CC(=O)O)CC(=O)O)CCN(CC(=O)O)CC(=O)O.[Mg+2].[Mg+2]. The van der Waals surface area contributed by atoms with E-state index in [1.165, 1.54) is 4.90 Å². The number of aliphatic carboxylic acids is 5.